The van der Waals surface area contributed by atoms with Crippen molar-refractivity contribution in [3.8, 4) is 0 Å². The zero-order valence-corrected chi connectivity index (χ0v) is 12.2. The minimum atomic E-state index is -0.170. The van der Waals surface area contributed by atoms with Crippen molar-refractivity contribution in [1.82, 2.24) is 0 Å². The van der Waals surface area contributed by atoms with Crippen molar-refractivity contribution in [1.29, 1.82) is 0 Å². The van der Waals surface area contributed by atoms with Gasteiger partial charge in [-0.1, -0.05) is 38.8 Å². The Morgan fingerprint density at radius 2 is 1.78 bits per heavy atom. The van der Waals surface area contributed by atoms with Crippen LogP contribution in [0.4, 0.5) is 0 Å². The van der Waals surface area contributed by atoms with Crippen molar-refractivity contribution < 1.29 is 5.11 Å². The zero-order chi connectivity index (χ0) is 13.0. The summed E-state index contributed by atoms with van der Waals surface area (Å²) in [5.74, 6) is 1.61. The minimum Gasteiger partial charge on any atom is -0.389 e. The van der Waals surface area contributed by atoms with Gasteiger partial charge in [-0.2, -0.15) is 0 Å². The van der Waals surface area contributed by atoms with Crippen molar-refractivity contribution >= 4 is 0 Å². The van der Waals surface area contributed by atoms with E-state index >= 15 is 0 Å². The molecule has 0 spiro atoms. The monoisotopic (exact) mass is 248 g/mol. The highest BCUT2D eigenvalue weighted by atomic mass is 16.3. The van der Waals surface area contributed by atoms with E-state index in [0.717, 1.165) is 18.3 Å². The van der Waals surface area contributed by atoms with Gasteiger partial charge in [0.1, 0.15) is 0 Å². The van der Waals surface area contributed by atoms with E-state index < -0.39 is 0 Å². The normalized spacial score (nSPS) is 46.9. The second-order valence-corrected chi connectivity index (χ2v) is 7.85. The van der Waals surface area contributed by atoms with Crippen LogP contribution in [-0.4, -0.2) is 11.2 Å². The molecule has 3 rings (SSSR count). The van der Waals surface area contributed by atoms with Crippen LogP contribution in [-0.2, 0) is 0 Å². The van der Waals surface area contributed by atoms with Gasteiger partial charge in [-0.05, 0) is 61.2 Å². The third-order valence-corrected chi connectivity index (χ3v) is 6.32. The second kappa shape index (κ2) is 4.10. The van der Waals surface area contributed by atoms with Crippen LogP contribution in [0.3, 0.4) is 0 Å². The number of hydrogen-bond donors (Lipinski definition) is 1. The summed E-state index contributed by atoms with van der Waals surface area (Å²) >= 11 is 0. The number of rotatable bonds is 0. The van der Waals surface area contributed by atoms with E-state index in [4.69, 9.17) is 0 Å². The first-order chi connectivity index (χ1) is 8.43. The Morgan fingerprint density at radius 1 is 1.06 bits per heavy atom. The minimum absolute atomic E-state index is 0.170. The molecule has 3 aliphatic rings. The Morgan fingerprint density at radius 3 is 2.56 bits per heavy atom. The number of aliphatic hydroxyl groups excluding tert-OH is 1. The van der Waals surface area contributed by atoms with Gasteiger partial charge >= 0.3 is 0 Å². The lowest BCUT2D eigenvalue weighted by Gasteiger charge is -2.57. The van der Waals surface area contributed by atoms with E-state index in [1.54, 1.807) is 5.57 Å². The summed E-state index contributed by atoms with van der Waals surface area (Å²) < 4.78 is 0. The maximum Gasteiger partial charge on any atom is 0.0724 e. The lowest BCUT2D eigenvalue weighted by molar-refractivity contribution is -0.0147. The first-order valence-electron chi connectivity index (χ1n) is 7.84. The average Bonchev–Trinajstić information content (AvgIpc) is 2.29. The molecule has 4 atom stereocenters. The van der Waals surface area contributed by atoms with Crippen LogP contribution in [0.15, 0.2) is 11.6 Å². The lowest BCUT2D eigenvalue weighted by Crippen LogP contribution is -2.48. The van der Waals surface area contributed by atoms with Crippen LogP contribution in [0.2, 0.25) is 0 Å². The molecular formula is C17H28O. The quantitative estimate of drug-likeness (QED) is 0.633. The van der Waals surface area contributed by atoms with E-state index in [2.05, 4.69) is 26.8 Å². The third-order valence-electron chi connectivity index (χ3n) is 6.32. The Hall–Kier alpha value is -0.300. The second-order valence-electron chi connectivity index (χ2n) is 7.85. The van der Waals surface area contributed by atoms with E-state index in [1.807, 2.05) is 0 Å². The molecule has 0 aliphatic heterocycles. The largest absolute Gasteiger partial charge is 0.389 e. The molecule has 0 unspecified atom stereocenters. The van der Waals surface area contributed by atoms with E-state index in [-0.39, 0.29) is 6.10 Å². The fourth-order valence-electron chi connectivity index (χ4n) is 5.46. The molecule has 0 saturated heterocycles. The predicted octanol–water partition coefficient (Wildman–Crippen LogP) is 4.31. The number of allylic oxidation sites excluding steroid dienone is 1. The van der Waals surface area contributed by atoms with Crippen LogP contribution in [0, 0.1) is 22.7 Å². The van der Waals surface area contributed by atoms with E-state index in [9.17, 15) is 5.11 Å². The summed E-state index contributed by atoms with van der Waals surface area (Å²) in [6, 6.07) is 0. The van der Waals surface area contributed by atoms with Crippen LogP contribution in [0.5, 0.6) is 0 Å². The molecular weight excluding hydrogens is 220 g/mol. The smallest absolute Gasteiger partial charge is 0.0724 e. The summed E-state index contributed by atoms with van der Waals surface area (Å²) in [4.78, 5) is 0. The zero-order valence-electron chi connectivity index (χ0n) is 12.2. The summed E-state index contributed by atoms with van der Waals surface area (Å²) in [5.41, 5.74) is 2.50. The van der Waals surface area contributed by atoms with Gasteiger partial charge in [-0.3, -0.25) is 0 Å². The molecule has 102 valence electrons. The highest BCUT2D eigenvalue weighted by Gasteiger charge is 2.52. The molecule has 1 heteroatoms. The first kappa shape index (κ1) is 12.7. The molecule has 0 aromatic rings. The fraction of sp³-hybridized carbons (Fsp3) is 0.882. The fourth-order valence-corrected chi connectivity index (χ4v) is 5.46. The molecule has 0 aromatic carbocycles. The Bertz CT molecular complexity index is 368. The average molecular weight is 248 g/mol. The van der Waals surface area contributed by atoms with Gasteiger partial charge in [0.05, 0.1) is 6.10 Å². The van der Waals surface area contributed by atoms with Crippen LogP contribution < -0.4 is 0 Å². The molecule has 1 N–H and O–H groups in total. The molecule has 0 amide bonds. The van der Waals surface area contributed by atoms with Crippen molar-refractivity contribution in [3.05, 3.63) is 11.6 Å². The molecule has 2 saturated carbocycles. The molecule has 2 fully saturated rings. The van der Waals surface area contributed by atoms with Gasteiger partial charge < -0.3 is 5.11 Å². The summed E-state index contributed by atoms with van der Waals surface area (Å²) in [5, 5.41) is 10.0. The van der Waals surface area contributed by atoms with Crippen LogP contribution in [0.1, 0.15) is 65.7 Å². The van der Waals surface area contributed by atoms with E-state index in [0.29, 0.717) is 10.8 Å². The molecule has 0 radical (unpaired) electrons. The summed E-state index contributed by atoms with van der Waals surface area (Å²) in [7, 11) is 0. The molecule has 18 heavy (non-hydrogen) atoms. The Labute approximate surface area is 112 Å². The summed E-state index contributed by atoms with van der Waals surface area (Å²) in [6.07, 6.45) is 11.1. The SMILES string of the molecule is CC1(C)CCC[C@]2(C)C3=C[C@H](O)CC[C@@H]3CC[C@@H]12. The molecule has 0 aromatic heterocycles. The highest BCUT2D eigenvalue weighted by Crippen LogP contribution is 2.62. The van der Waals surface area contributed by atoms with Crippen molar-refractivity contribution in [2.24, 2.45) is 22.7 Å². The summed E-state index contributed by atoms with van der Waals surface area (Å²) in [6.45, 7) is 7.43. The van der Waals surface area contributed by atoms with Crippen LogP contribution in [0.25, 0.3) is 0 Å². The van der Waals surface area contributed by atoms with E-state index in [1.165, 1.54) is 38.5 Å². The molecule has 0 heterocycles. The number of hydrogen-bond acceptors (Lipinski definition) is 1. The van der Waals surface area contributed by atoms with Gasteiger partial charge in [0, 0.05) is 0 Å². The number of aliphatic hydroxyl groups is 1. The third kappa shape index (κ3) is 1.78. The van der Waals surface area contributed by atoms with Gasteiger partial charge in [0.2, 0.25) is 0 Å². The molecule has 3 aliphatic carbocycles. The lowest BCUT2D eigenvalue weighted by atomic mass is 9.47. The molecule has 1 nitrogen and oxygen atoms in total. The van der Waals surface area contributed by atoms with Gasteiger partial charge in [-0.15, -0.1) is 0 Å². The standard InChI is InChI=1S/C17H28O/c1-16(2)9-4-10-17(3)14-11-13(18)7-5-12(14)6-8-15(16)17/h11-13,15,18H,4-10H2,1-3H3/t12-,13-,15+,17-/m1/s1. The Kier molecular flexibility index (Phi) is 2.89. The van der Waals surface area contributed by atoms with Gasteiger partial charge in [0.15, 0.2) is 0 Å². The van der Waals surface area contributed by atoms with Gasteiger partial charge in [0.25, 0.3) is 0 Å². The van der Waals surface area contributed by atoms with Crippen molar-refractivity contribution in [2.75, 3.05) is 0 Å². The van der Waals surface area contributed by atoms with Crippen LogP contribution >= 0.6 is 0 Å². The van der Waals surface area contributed by atoms with Gasteiger partial charge in [-0.25, -0.2) is 0 Å². The van der Waals surface area contributed by atoms with Crippen molar-refractivity contribution in [2.45, 2.75) is 71.8 Å². The Balaban J connectivity index is 2.00. The predicted molar refractivity (Wildman–Crippen MR) is 75.3 cm³/mol. The maximum absolute atomic E-state index is 10.0. The topological polar surface area (TPSA) is 20.2 Å². The first-order valence-corrected chi connectivity index (χ1v) is 7.84. The molecule has 0 bridgehead atoms. The highest BCUT2D eigenvalue weighted by molar-refractivity contribution is 5.26. The van der Waals surface area contributed by atoms with Crippen molar-refractivity contribution in [3.63, 3.8) is 0 Å². The maximum atomic E-state index is 10.0. The number of fused-ring (bicyclic) bond motifs is 3.